The molecular weight excluding hydrogens is 396 g/mol. The van der Waals surface area contributed by atoms with E-state index in [0.29, 0.717) is 24.6 Å². The SMILES string of the molecule is CC1CN(CC2CCN(C(=O)c3cc([N+](=O)[O-])ccc3N3CCCC3)CC2)CC(C)O1. The Kier molecular flexibility index (Phi) is 6.77. The first-order chi connectivity index (χ1) is 14.9. The number of rotatable bonds is 5. The number of likely N-dealkylation sites (tertiary alicyclic amines) is 1. The fourth-order valence-electron chi connectivity index (χ4n) is 5.33. The van der Waals surface area contributed by atoms with E-state index in [1.165, 1.54) is 12.1 Å². The van der Waals surface area contributed by atoms with Gasteiger partial charge in [-0.05, 0) is 51.5 Å². The average molecular weight is 431 g/mol. The van der Waals surface area contributed by atoms with Gasteiger partial charge in [0.2, 0.25) is 0 Å². The van der Waals surface area contributed by atoms with Crippen LogP contribution < -0.4 is 4.90 Å². The number of non-ortho nitro benzene ring substituents is 1. The number of piperidine rings is 1. The van der Waals surface area contributed by atoms with E-state index in [2.05, 4.69) is 23.6 Å². The maximum absolute atomic E-state index is 13.4. The third kappa shape index (κ3) is 5.18. The summed E-state index contributed by atoms with van der Waals surface area (Å²) >= 11 is 0. The minimum absolute atomic E-state index is 0.0169. The van der Waals surface area contributed by atoms with E-state index < -0.39 is 4.92 Å². The zero-order valence-electron chi connectivity index (χ0n) is 18.7. The Labute approximate surface area is 184 Å². The number of carbonyl (C=O) groups is 1. The molecule has 3 heterocycles. The number of nitro groups is 1. The summed E-state index contributed by atoms with van der Waals surface area (Å²) in [6, 6.07) is 4.74. The molecule has 2 atom stereocenters. The number of hydrogen-bond acceptors (Lipinski definition) is 6. The van der Waals surface area contributed by atoms with Gasteiger partial charge in [0.1, 0.15) is 0 Å². The highest BCUT2D eigenvalue weighted by atomic mass is 16.6. The van der Waals surface area contributed by atoms with Crippen molar-refractivity contribution in [1.29, 1.82) is 0 Å². The molecular formula is C23H34N4O4. The van der Waals surface area contributed by atoms with Crippen molar-refractivity contribution < 1.29 is 14.5 Å². The maximum Gasteiger partial charge on any atom is 0.270 e. The van der Waals surface area contributed by atoms with Gasteiger partial charge in [0.25, 0.3) is 11.6 Å². The van der Waals surface area contributed by atoms with Gasteiger partial charge in [0, 0.05) is 57.9 Å². The highest BCUT2D eigenvalue weighted by Gasteiger charge is 2.30. The van der Waals surface area contributed by atoms with Crippen LogP contribution in [0.25, 0.3) is 0 Å². The first-order valence-electron chi connectivity index (χ1n) is 11.6. The lowest BCUT2D eigenvalue weighted by Crippen LogP contribution is -2.48. The third-order valence-electron chi connectivity index (χ3n) is 6.78. The molecule has 4 rings (SSSR count). The zero-order chi connectivity index (χ0) is 22.0. The quantitative estimate of drug-likeness (QED) is 0.527. The van der Waals surface area contributed by atoms with Crippen LogP contribution in [0.5, 0.6) is 0 Å². The van der Waals surface area contributed by atoms with Crippen LogP contribution >= 0.6 is 0 Å². The summed E-state index contributed by atoms with van der Waals surface area (Å²) in [7, 11) is 0. The van der Waals surface area contributed by atoms with E-state index in [-0.39, 0.29) is 23.8 Å². The van der Waals surface area contributed by atoms with Crippen molar-refractivity contribution in [3.05, 3.63) is 33.9 Å². The third-order valence-corrected chi connectivity index (χ3v) is 6.78. The van der Waals surface area contributed by atoms with Crippen LogP contribution in [-0.4, -0.2) is 78.7 Å². The van der Waals surface area contributed by atoms with Gasteiger partial charge in [0.05, 0.1) is 28.4 Å². The molecule has 0 aromatic heterocycles. The number of nitrogens with zero attached hydrogens (tertiary/aromatic N) is 4. The number of nitro benzene ring substituents is 1. The van der Waals surface area contributed by atoms with E-state index in [1.807, 2.05) is 4.90 Å². The molecule has 0 radical (unpaired) electrons. The molecule has 1 aromatic carbocycles. The van der Waals surface area contributed by atoms with E-state index in [1.54, 1.807) is 6.07 Å². The van der Waals surface area contributed by atoms with Gasteiger partial charge in [-0.1, -0.05) is 0 Å². The van der Waals surface area contributed by atoms with E-state index in [9.17, 15) is 14.9 Å². The lowest BCUT2D eigenvalue weighted by molar-refractivity contribution is -0.384. The zero-order valence-corrected chi connectivity index (χ0v) is 18.7. The molecule has 2 unspecified atom stereocenters. The van der Waals surface area contributed by atoms with Gasteiger partial charge in [-0.15, -0.1) is 0 Å². The number of morpholine rings is 1. The predicted octanol–water partition coefficient (Wildman–Crippen LogP) is 3.16. The largest absolute Gasteiger partial charge is 0.373 e. The Hall–Kier alpha value is -2.19. The standard InChI is InChI=1S/C23H34N4O4/c1-17-14-24(15-18(2)31-17)16-19-7-11-26(12-8-19)23(28)21-13-20(27(29)30)5-6-22(21)25-9-3-4-10-25/h5-6,13,17-19H,3-4,7-12,14-16H2,1-2H3. The molecule has 0 aliphatic carbocycles. The van der Waals surface area contributed by atoms with Gasteiger partial charge >= 0.3 is 0 Å². The van der Waals surface area contributed by atoms with Crippen molar-refractivity contribution in [2.24, 2.45) is 5.92 Å². The molecule has 3 aliphatic rings. The second-order valence-electron chi connectivity index (χ2n) is 9.36. The van der Waals surface area contributed by atoms with E-state index in [4.69, 9.17) is 4.74 Å². The number of hydrogen-bond donors (Lipinski definition) is 0. The molecule has 3 fully saturated rings. The van der Waals surface area contributed by atoms with Crippen LogP contribution in [0.15, 0.2) is 18.2 Å². The lowest BCUT2D eigenvalue weighted by atomic mass is 9.95. The Balaban J connectivity index is 1.41. The van der Waals surface area contributed by atoms with Crippen molar-refractivity contribution in [2.45, 2.75) is 51.7 Å². The fourth-order valence-corrected chi connectivity index (χ4v) is 5.33. The summed E-state index contributed by atoms with van der Waals surface area (Å²) in [4.78, 5) is 30.9. The molecule has 0 N–H and O–H groups in total. The van der Waals surface area contributed by atoms with Crippen LogP contribution in [0.1, 0.15) is 49.9 Å². The summed E-state index contributed by atoms with van der Waals surface area (Å²) in [5, 5.41) is 11.3. The summed E-state index contributed by atoms with van der Waals surface area (Å²) in [5.41, 5.74) is 1.30. The van der Waals surface area contributed by atoms with Gasteiger partial charge in [-0.2, -0.15) is 0 Å². The van der Waals surface area contributed by atoms with Crippen molar-refractivity contribution >= 4 is 17.3 Å². The number of benzene rings is 1. The number of carbonyl (C=O) groups excluding carboxylic acids is 1. The maximum atomic E-state index is 13.4. The molecule has 8 heteroatoms. The van der Waals surface area contributed by atoms with Gasteiger partial charge in [0.15, 0.2) is 0 Å². The first kappa shape index (κ1) is 22.0. The highest BCUT2D eigenvalue weighted by molar-refractivity contribution is 6.00. The van der Waals surface area contributed by atoms with Crippen LogP contribution in [-0.2, 0) is 4.74 Å². The molecule has 1 aromatic rings. The predicted molar refractivity (Wildman–Crippen MR) is 120 cm³/mol. The van der Waals surface area contributed by atoms with Crippen molar-refractivity contribution in [3.63, 3.8) is 0 Å². The molecule has 1 amide bonds. The van der Waals surface area contributed by atoms with E-state index >= 15 is 0 Å². The monoisotopic (exact) mass is 430 g/mol. The minimum atomic E-state index is -0.416. The van der Waals surface area contributed by atoms with Gasteiger partial charge < -0.3 is 14.5 Å². The van der Waals surface area contributed by atoms with Crippen LogP contribution in [0, 0.1) is 16.0 Å². The second-order valence-corrected chi connectivity index (χ2v) is 9.36. The molecule has 8 nitrogen and oxygen atoms in total. The number of anilines is 1. The Morgan fingerprint density at radius 1 is 1.10 bits per heavy atom. The normalized spacial score (nSPS) is 25.7. The highest BCUT2D eigenvalue weighted by Crippen LogP contribution is 2.31. The van der Waals surface area contributed by atoms with Crippen molar-refractivity contribution in [1.82, 2.24) is 9.80 Å². The first-order valence-corrected chi connectivity index (χ1v) is 11.6. The summed E-state index contributed by atoms with van der Waals surface area (Å²) in [5.74, 6) is 0.502. The Morgan fingerprint density at radius 3 is 2.35 bits per heavy atom. The second kappa shape index (κ2) is 9.53. The topological polar surface area (TPSA) is 79.2 Å². The summed E-state index contributed by atoms with van der Waals surface area (Å²) < 4.78 is 5.84. The van der Waals surface area contributed by atoms with Crippen molar-refractivity contribution in [2.75, 3.05) is 50.7 Å². The Morgan fingerprint density at radius 2 is 1.74 bits per heavy atom. The molecule has 3 aliphatic heterocycles. The molecule has 0 bridgehead atoms. The van der Waals surface area contributed by atoms with Crippen LogP contribution in [0.4, 0.5) is 11.4 Å². The molecule has 3 saturated heterocycles. The van der Waals surface area contributed by atoms with E-state index in [0.717, 1.165) is 64.1 Å². The summed E-state index contributed by atoms with van der Waals surface area (Å²) in [6.45, 7) is 10.5. The fraction of sp³-hybridized carbons (Fsp3) is 0.696. The Bertz CT molecular complexity index is 793. The van der Waals surface area contributed by atoms with Gasteiger partial charge in [-0.3, -0.25) is 19.8 Å². The average Bonchev–Trinajstić information content (AvgIpc) is 3.27. The number of ether oxygens (including phenoxy) is 1. The molecule has 170 valence electrons. The molecule has 31 heavy (non-hydrogen) atoms. The van der Waals surface area contributed by atoms with Crippen LogP contribution in [0.3, 0.4) is 0 Å². The van der Waals surface area contributed by atoms with Crippen molar-refractivity contribution in [3.8, 4) is 0 Å². The summed E-state index contributed by atoms with van der Waals surface area (Å²) in [6.07, 6.45) is 4.66. The molecule has 0 saturated carbocycles. The number of amides is 1. The smallest absolute Gasteiger partial charge is 0.270 e. The minimum Gasteiger partial charge on any atom is -0.373 e. The molecule has 0 spiro atoms. The van der Waals surface area contributed by atoms with Crippen LogP contribution in [0.2, 0.25) is 0 Å². The lowest BCUT2D eigenvalue weighted by Gasteiger charge is -2.39. The van der Waals surface area contributed by atoms with Gasteiger partial charge in [-0.25, -0.2) is 0 Å².